The van der Waals surface area contributed by atoms with Crippen LogP contribution < -0.4 is 0 Å². The Bertz CT molecular complexity index is 1060. The van der Waals surface area contributed by atoms with Crippen LogP contribution in [0.2, 0.25) is 0 Å². The van der Waals surface area contributed by atoms with Crippen molar-refractivity contribution >= 4 is 6.08 Å². The van der Waals surface area contributed by atoms with Crippen molar-refractivity contribution in [1.82, 2.24) is 9.55 Å². The molecule has 4 aromatic rings. The standard InChI is InChI=1S/C27H26N2/c1-22-10-8-15-25(18-22)27(24-13-6-3-7-14-24)17-9-16-26-19-28-21-29(26)20-23-11-4-2-5-12-23/h2-16,18-19,21,27H,17,20H2,1H3. The highest BCUT2D eigenvalue weighted by atomic mass is 15.0. The molecule has 1 aromatic heterocycles. The van der Waals surface area contributed by atoms with Crippen LogP contribution in [0, 0.1) is 6.92 Å². The second kappa shape index (κ2) is 9.20. The van der Waals surface area contributed by atoms with Crippen molar-refractivity contribution in [3.63, 3.8) is 0 Å². The van der Waals surface area contributed by atoms with E-state index in [1.165, 1.54) is 22.3 Å². The minimum atomic E-state index is 0.345. The Labute approximate surface area is 173 Å². The maximum atomic E-state index is 4.36. The highest BCUT2D eigenvalue weighted by molar-refractivity contribution is 5.45. The van der Waals surface area contributed by atoms with E-state index < -0.39 is 0 Å². The van der Waals surface area contributed by atoms with E-state index in [1.807, 2.05) is 18.6 Å². The molecule has 0 spiro atoms. The van der Waals surface area contributed by atoms with Crippen molar-refractivity contribution in [2.75, 3.05) is 0 Å². The normalized spacial score (nSPS) is 12.3. The van der Waals surface area contributed by atoms with Crippen molar-refractivity contribution in [2.45, 2.75) is 25.8 Å². The first-order valence-electron chi connectivity index (χ1n) is 10.1. The lowest BCUT2D eigenvalue weighted by molar-refractivity contribution is 0.787. The maximum absolute atomic E-state index is 4.36. The fourth-order valence-corrected chi connectivity index (χ4v) is 3.74. The van der Waals surface area contributed by atoms with Gasteiger partial charge < -0.3 is 4.57 Å². The number of hydrogen-bond donors (Lipinski definition) is 0. The molecule has 0 bridgehead atoms. The first-order valence-corrected chi connectivity index (χ1v) is 10.1. The number of aryl methyl sites for hydroxylation is 1. The molecule has 0 saturated carbocycles. The topological polar surface area (TPSA) is 17.8 Å². The Kier molecular flexibility index (Phi) is 6.01. The number of nitrogens with zero attached hydrogens (tertiary/aromatic N) is 2. The lowest BCUT2D eigenvalue weighted by Gasteiger charge is -2.17. The second-order valence-electron chi connectivity index (χ2n) is 7.45. The number of imidazole rings is 1. The van der Waals surface area contributed by atoms with Crippen LogP contribution in [0.25, 0.3) is 6.08 Å². The van der Waals surface area contributed by atoms with Gasteiger partial charge in [0.05, 0.1) is 18.2 Å². The van der Waals surface area contributed by atoms with Gasteiger partial charge in [-0.15, -0.1) is 0 Å². The highest BCUT2D eigenvalue weighted by Crippen LogP contribution is 2.29. The number of aromatic nitrogens is 2. The lowest BCUT2D eigenvalue weighted by atomic mass is 9.87. The summed E-state index contributed by atoms with van der Waals surface area (Å²) in [6, 6.07) is 30.1. The van der Waals surface area contributed by atoms with Crippen molar-refractivity contribution < 1.29 is 0 Å². The van der Waals surface area contributed by atoms with Gasteiger partial charge in [-0.05, 0) is 36.1 Å². The summed E-state index contributed by atoms with van der Waals surface area (Å²) in [5, 5.41) is 0. The molecule has 0 saturated heterocycles. The van der Waals surface area contributed by atoms with Crippen LogP contribution in [0.5, 0.6) is 0 Å². The van der Waals surface area contributed by atoms with E-state index in [2.05, 4.69) is 107 Å². The zero-order valence-electron chi connectivity index (χ0n) is 16.8. The zero-order chi connectivity index (χ0) is 19.9. The van der Waals surface area contributed by atoms with E-state index in [0.29, 0.717) is 5.92 Å². The second-order valence-corrected chi connectivity index (χ2v) is 7.45. The van der Waals surface area contributed by atoms with E-state index in [9.17, 15) is 0 Å². The molecule has 29 heavy (non-hydrogen) atoms. The van der Waals surface area contributed by atoms with E-state index in [-0.39, 0.29) is 0 Å². The van der Waals surface area contributed by atoms with Crippen LogP contribution in [-0.2, 0) is 6.54 Å². The van der Waals surface area contributed by atoms with E-state index in [0.717, 1.165) is 18.7 Å². The molecule has 2 nitrogen and oxygen atoms in total. The quantitative estimate of drug-likeness (QED) is 0.360. The van der Waals surface area contributed by atoms with Gasteiger partial charge >= 0.3 is 0 Å². The van der Waals surface area contributed by atoms with Crippen molar-refractivity contribution in [2.24, 2.45) is 0 Å². The van der Waals surface area contributed by atoms with Gasteiger partial charge in [-0.1, -0.05) is 96.6 Å². The Morgan fingerprint density at radius 3 is 2.34 bits per heavy atom. The van der Waals surface area contributed by atoms with Crippen molar-refractivity contribution in [3.05, 3.63) is 131 Å². The van der Waals surface area contributed by atoms with Crippen molar-refractivity contribution in [3.8, 4) is 0 Å². The van der Waals surface area contributed by atoms with Gasteiger partial charge in [-0.3, -0.25) is 0 Å². The average molecular weight is 379 g/mol. The van der Waals surface area contributed by atoms with Crippen LogP contribution in [0.15, 0.2) is 104 Å². The highest BCUT2D eigenvalue weighted by Gasteiger charge is 2.12. The van der Waals surface area contributed by atoms with E-state index in [4.69, 9.17) is 0 Å². The molecule has 0 aliphatic rings. The summed E-state index contributed by atoms with van der Waals surface area (Å²) in [5.41, 5.74) is 6.42. The third kappa shape index (κ3) is 4.91. The molecule has 0 radical (unpaired) electrons. The number of hydrogen-bond acceptors (Lipinski definition) is 1. The largest absolute Gasteiger partial charge is 0.327 e. The Morgan fingerprint density at radius 1 is 0.862 bits per heavy atom. The summed E-state index contributed by atoms with van der Waals surface area (Å²) in [5.74, 6) is 0.345. The molecule has 0 aliphatic heterocycles. The molecular formula is C27H26N2. The Balaban J connectivity index is 1.54. The fraction of sp³-hybridized carbons (Fsp3) is 0.148. The minimum absolute atomic E-state index is 0.345. The van der Waals surface area contributed by atoms with Gasteiger partial charge in [0.1, 0.15) is 0 Å². The summed E-state index contributed by atoms with van der Waals surface area (Å²) in [4.78, 5) is 4.36. The van der Waals surface area contributed by atoms with Crippen molar-refractivity contribution in [1.29, 1.82) is 0 Å². The van der Waals surface area contributed by atoms with Crippen LogP contribution in [0.4, 0.5) is 0 Å². The summed E-state index contributed by atoms with van der Waals surface area (Å²) in [6.45, 7) is 2.99. The molecule has 0 aliphatic carbocycles. The molecule has 1 heterocycles. The molecule has 144 valence electrons. The van der Waals surface area contributed by atoms with Crippen LogP contribution in [0.3, 0.4) is 0 Å². The lowest BCUT2D eigenvalue weighted by Crippen LogP contribution is -2.01. The third-order valence-corrected chi connectivity index (χ3v) is 5.25. The summed E-state index contributed by atoms with van der Waals surface area (Å²) >= 11 is 0. The van der Waals surface area contributed by atoms with Gasteiger partial charge in [-0.2, -0.15) is 0 Å². The van der Waals surface area contributed by atoms with Crippen LogP contribution in [-0.4, -0.2) is 9.55 Å². The SMILES string of the molecule is Cc1cccc(C(CC=Cc2cncn2Cc2ccccc2)c2ccccc2)c1. The first kappa shape index (κ1) is 18.9. The molecule has 3 aromatic carbocycles. The number of rotatable bonds is 7. The van der Waals surface area contributed by atoms with E-state index >= 15 is 0 Å². The van der Waals surface area contributed by atoms with Gasteiger partial charge in [0.2, 0.25) is 0 Å². The molecule has 1 unspecified atom stereocenters. The molecule has 0 N–H and O–H groups in total. The average Bonchev–Trinajstić information content (AvgIpc) is 3.19. The number of benzene rings is 3. The predicted octanol–water partition coefficient (Wildman–Crippen LogP) is 6.48. The van der Waals surface area contributed by atoms with Crippen LogP contribution >= 0.6 is 0 Å². The third-order valence-electron chi connectivity index (χ3n) is 5.25. The maximum Gasteiger partial charge on any atom is 0.0953 e. The van der Waals surface area contributed by atoms with Gasteiger partial charge in [0, 0.05) is 12.5 Å². The Hall–Kier alpha value is -3.39. The molecular weight excluding hydrogens is 352 g/mol. The summed E-state index contributed by atoms with van der Waals surface area (Å²) in [6.07, 6.45) is 9.26. The monoisotopic (exact) mass is 378 g/mol. The van der Waals surface area contributed by atoms with E-state index in [1.54, 1.807) is 0 Å². The zero-order valence-corrected chi connectivity index (χ0v) is 16.8. The summed E-state index contributed by atoms with van der Waals surface area (Å²) < 4.78 is 2.19. The molecule has 2 heteroatoms. The molecule has 0 fully saturated rings. The molecule has 4 rings (SSSR count). The fourth-order valence-electron chi connectivity index (χ4n) is 3.74. The minimum Gasteiger partial charge on any atom is -0.327 e. The summed E-state index contributed by atoms with van der Waals surface area (Å²) in [7, 11) is 0. The molecule has 1 atom stereocenters. The Morgan fingerprint density at radius 2 is 1.59 bits per heavy atom. The smallest absolute Gasteiger partial charge is 0.0953 e. The number of allylic oxidation sites excluding steroid dienone is 1. The van der Waals surface area contributed by atoms with Crippen LogP contribution in [0.1, 0.15) is 40.3 Å². The molecule has 0 amide bonds. The predicted molar refractivity (Wildman–Crippen MR) is 121 cm³/mol. The van der Waals surface area contributed by atoms with Gasteiger partial charge in [0.25, 0.3) is 0 Å². The van der Waals surface area contributed by atoms with Gasteiger partial charge in [-0.25, -0.2) is 4.98 Å². The first-order chi connectivity index (χ1) is 14.3. The van der Waals surface area contributed by atoms with Gasteiger partial charge in [0.15, 0.2) is 0 Å².